The molecule has 2 unspecified atom stereocenters. The van der Waals surface area contributed by atoms with Crippen molar-refractivity contribution in [2.75, 3.05) is 39.3 Å². The van der Waals surface area contributed by atoms with Crippen LogP contribution in [0.2, 0.25) is 0 Å². The molecule has 27 heteroatoms. The molecule has 0 aliphatic carbocycles. The van der Waals surface area contributed by atoms with Gasteiger partial charge in [-0.05, 0) is 96.6 Å². The third-order valence-electron chi connectivity index (χ3n) is 12.8. The zero-order valence-corrected chi connectivity index (χ0v) is 45.4. The van der Waals surface area contributed by atoms with E-state index in [2.05, 4.69) is 42.5 Å². The number of ketones is 2. The summed E-state index contributed by atoms with van der Waals surface area (Å²) in [5, 5.41) is 41.8. The van der Waals surface area contributed by atoms with Gasteiger partial charge in [-0.25, -0.2) is 0 Å². The Bertz CT molecular complexity index is 2170. The number of Topliss-reactive ketones (excluding diaryl/α,β-unsaturated/α-hetero) is 2. The summed E-state index contributed by atoms with van der Waals surface area (Å²) in [6, 6.07) is -1.54. The highest BCUT2D eigenvalue weighted by molar-refractivity contribution is 5.99. The number of aliphatic hydroxyl groups excluding tert-OH is 2. The molecule has 78 heavy (non-hydrogen) atoms. The number of carbonyl (C=O) groups is 11. The van der Waals surface area contributed by atoms with E-state index in [0.29, 0.717) is 5.56 Å². The van der Waals surface area contributed by atoms with Crippen molar-refractivity contribution in [2.24, 2.45) is 46.4 Å². The first kappa shape index (κ1) is 67.6. The van der Waals surface area contributed by atoms with E-state index in [-0.39, 0.29) is 90.0 Å². The first-order valence-electron chi connectivity index (χ1n) is 26.4. The maximum absolute atomic E-state index is 14.5. The molecular formula is C51H85N13O14. The molecule has 1 aliphatic rings. The van der Waals surface area contributed by atoms with Gasteiger partial charge in [-0.1, -0.05) is 44.2 Å². The van der Waals surface area contributed by atoms with E-state index in [1.54, 1.807) is 44.2 Å². The smallest absolute Gasteiger partial charge is 0.303 e. The predicted molar refractivity (Wildman–Crippen MR) is 284 cm³/mol. The Morgan fingerprint density at radius 2 is 1.19 bits per heavy atom. The van der Waals surface area contributed by atoms with Crippen LogP contribution in [0, 0.1) is 17.8 Å². The lowest BCUT2D eigenvalue weighted by Crippen LogP contribution is -2.59. The van der Waals surface area contributed by atoms with Crippen LogP contribution in [-0.2, 0) is 63.9 Å². The molecule has 0 saturated carbocycles. The third-order valence-corrected chi connectivity index (χ3v) is 12.8. The number of esters is 1. The number of amides is 8. The van der Waals surface area contributed by atoms with E-state index in [1.165, 1.54) is 13.8 Å². The minimum atomic E-state index is -1.70. The topological polar surface area (TPSA) is 464 Å². The van der Waals surface area contributed by atoms with Crippen molar-refractivity contribution in [1.82, 2.24) is 42.5 Å². The molecule has 0 bridgehead atoms. The van der Waals surface area contributed by atoms with Crippen molar-refractivity contribution >= 4 is 64.8 Å². The van der Waals surface area contributed by atoms with Gasteiger partial charge in [0.05, 0.1) is 24.3 Å². The quantitative estimate of drug-likeness (QED) is 0.0430. The number of ether oxygens (including phenoxy) is 1. The standard InChI is InChI=1S/C51H85N13O14/c1-27(2)23-37-47(73)58-34(12-18-53)39(68)25-32(11-17-52)45(71)63-42(28(3)65)50(76)57-22-16-33(44(70)60-36(14-20-55)46(72)62-38(48(74)61-37)24-31-9-7-6-8-10-31)26-40(69)35(13-19-54)59-51(77)43(29(4)66)64-49(75)41(15-21-56)78-30(5)67/h6-10,27-29,32-38,41-43,65-66H,11-26,52-56H2,1-5H3,(H,57,76)(H,58,73)(H,59,77)(H,60,70)(H,61,74)(H,62,72)(H,63,71)(H,64,75)/t28?,29?,32-,33-,34+,35+,36+,37+,38-,41+,42+,43+/m1/s1. The summed E-state index contributed by atoms with van der Waals surface area (Å²) in [4.78, 5) is 152. The Balaban J connectivity index is 2.74. The van der Waals surface area contributed by atoms with Gasteiger partial charge in [0.15, 0.2) is 17.7 Å². The van der Waals surface area contributed by atoms with Crippen LogP contribution in [-0.4, -0.2) is 175 Å². The van der Waals surface area contributed by atoms with Crippen LogP contribution < -0.4 is 71.2 Å². The molecule has 438 valence electrons. The Hall–Kier alpha value is -6.49. The molecule has 1 fully saturated rings. The Kier molecular flexibility index (Phi) is 30.4. The van der Waals surface area contributed by atoms with Crippen LogP contribution in [0.3, 0.4) is 0 Å². The highest BCUT2D eigenvalue weighted by atomic mass is 16.5. The van der Waals surface area contributed by atoms with Crippen molar-refractivity contribution < 1.29 is 67.7 Å². The Morgan fingerprint density at radius 3 is 1.76 bits per heavy atom. The molecule has 1 saturated heterocycles. The lowest BCUT2D eigenvalue weighted by molar-refractivity contribution is -0.155. The van der Waals surface area contributed by atoms with Gasteiger partial charge in [0.1, 0.15) is 30.2 Å². The zero-order valence-electron chi connectivity index (χ0n) is 45.4. The molecule has 1 aromatic rings. The lowest BCUT2D eigenvalue weighted by Gasteiger charge is -2.28. The van der Waals surface area contributed by atoms with Crippen molar-refractivity contribution in [2.45, 2.75) is 159 Å². The summed E-state index contributed by atoms with van der Waals surface area (Å²) in [7, 11) is 0. The molecule has 20 N–H and O–H groups in total. The average molecular weight is 1100 g/mol. The molecule has 1 aliphatic heterocycles. The number of rotatable bonds is 24. The van der Waals surface area contributed by atoms with Crippen molar-refractivity contribution in [3.05, 3.63) is 35.9 Å². The van der Waals surface area contributed by atoms with Crippen molar-refractivity contribution in [3.8, 4) is 0 Å². The average Bonchev–Trinajstić information content (AvgIpc) is 3.37. The zero-order chi connectivity index (χ0) is 58.6. The van der Waals surface area contributed by atoms with E-state index in [9.17, 15) is 63.0 Å². The molecule has 12 atom stereocenters. The number of hydrogen-bond donors (Lipinski definition) is 15. The van der Waals surface area contributed by atoms with Crippen LogP contribution in [0.15, 0.2) is 30.3 Å². The van der Waals surface area contributed by atoms with E-state index in [0.717, 1.165) is 6.92 Å². The van der Waals surface area contributed by atoms with Crippen molar-refractivity contribution in [1.29, 1.82) is 0 Å². The Labute approximate surface area is 454 Å². The highest BCUT2D eigenvalue weighted by Gasteiger charge is 2.38. The second-order valence-corrected chi connectivity index (χ2v) is 19.9. The van der Waals surface area contributed by atoms with E-state index < -0.39 is 157 Å². The van der Waals surface area contributed by atoms with Gasteiger partial charge in [0.25, 0.3) is 5.91 Å². The molecule has 0 aromatic heterocycles. The fourth-order valence-corrected chi connectivity index (χ4v) is 8.55. The highest BCUT2D eigenvalue weighted by Crippen LogP contribution is 2.17. The van der Waals surface area contributed by atoms with Crippen molar-refractivity contribution in [3.63, 3.8) is 0 Å². The molecule has 0 radical (unpaired) electrons. The van der Waals surface area contributed by atoms with Gasteiger partial charge in [0, 0.05) is 51.0 Å². The van der Waals surface area contributed by atoms with Gasteiger partial charge in [-0.2, -0.15) is 0 Å². The fraction of sp³-hybridized carbons (Fsp3) is 0.667. The van der Waals surface area contributed by atoms with Crippen LogP contribution in [0.1, 0.15) is 98.0 Å². The summed E-state index contributed by atoms with van der Waals surface area (Å²) < 4.78 is 5.02. The minimum absolute atomic E-state index is 0.0575. The fourth-order valence-electron chi connectivity index (χ4n) is 8.55. The lowest BCUT2D eigenvalue weighted by atomic mass is 9.92. The van der Waals surface area contributed by atoms with Crippen LogP contribution >= 0.6 is 0 Å². The number of nitrogens with two attached hydrogens (primary N) is 5. The largest absolute Gasteiger partial charge is 0.452 e. The number of carbonyl (C=O) groups excluding carboxylic acids is 11. The summed E-state index contributed by atoms with van der Waals surface area (Å²) in [6.07, 6.45) is -6.72. The maximum Gasteiger partial charge on any atom is 0.303 e. The second kappa shape index (κ2) is 35.1. The summed E-state index contributed by atoms with van der Waals surface area (Å²) in [5.41, 5.74) is 29.7. The van der Waals surface area contributed by atoms with Crippen LogP contribution in [0.4, 0.5) is 0 Å². The Morgan fingerprint density at radius 1 is 0.641 bits per heavy atom. The van der Waals surface area contributed by atoms with E-state index >= 15 is 0 Å². The van der Waals surface area contributed by atoms with Gasteiger partial charge >= 0.3 is 5.97 Å². The molecule has 0 spiro atoms. The van der Waals surface area contributed by atoms with Gasteiger partial charge in [-0.3, -0.25) is 52.7 Å². The molecule has 1 aromatic carbocycles. The van der Waals surface area contributed by atoms with Crippen LogP contribution in [0.5, 0.6) is 0 Å². The van der Waals surface area contributed by atoms with Gasteiger partial charge in [0.2, 0.25) is 41.4 Å². The number of aliphatic hydroxyl groups is 2. The first-order chi connectivity index (χ1) is 36.9. The van der Waals surface area contributed by atoms with Gasteiger partial charge < -0.3 is 86.2 Å². The number of hydrogen-bond acceptors (Lipinski definition) is 19. The number of benzene rings is 1. The second-order valence-electron chi connectivity index (χ2n) is 19.9. The molecular weight excluding hydrogens is 1020 g/mol. The SMILES string of the molecule is CC(=O)O[C@@H](CCN)C(=O)N[C@H](C(=O)N[C@@H](CCN)C(=O)C[C@H]1CCNC(=O)[C@H](C(C)O)NC(=O)[C@H](CCN)CC(=O)[C@H](CCN)NC(=O)[C@H](CC(C)C)NC(=O)[C@@H](Cc2ccccc2)NC(=O)[C@H](CCN)NC1=O)C(C)O. The predicted octanol–water partition coefficient (Wildman–Crippen LogP) is -5.22. The third kappa shape index (κ3) is 23.2. The minimum Gasteiger partial charge on any atom is -0.452 e. The molecule has 2 rings (SSSR count). The molecule has 8 amide bonds. The van der Waals surface area contributed by atoms with Crippen LogP contribution in [0.25, 0.3) is 0 Å². The summed E-state index contributed by atoms with van der Waals surface area (Å²) in [6.45, 7) is 6.06. The molecule has 1 heterocycles. The number of nitrogens with one attached hydrogen (secondary N) is 8. The first-order valence-corrected chi connectivity index (χ1v) is 26.4. The normalized spacial score (nSPS) is 23.6. The van der Waals surface area contributed by atoms with E-state index in [4.69, 9.17) is 33.4 Å². The monoisotopic (exact) mass is 1100 g/mol. The maximum atomic E-state index is 14.5. The molecule has 27 nitrogen and oxygen atoms in total. The van der Waals surface area contributed by atoms with E-state index in [1.807, 2.05) is 0 Å². The summed E-state index contributed by atoms with van der Waals surface area (Å²) >= 11 is 0. The van der Waals surface area contributed by atoms with Gasteiger partial charge in [-0.15, -0.1) is 0 Å². The summed E-state index contributed by atoms with van der Waals surface area (Å²) in [5.74, 6) is -12.2.